The molecule has 1 aromatic heterocycles. The summed E-state index contributed by atoms with van der Waals surface area (Å²) in [5, 5.41) is 9.33. The Morgan fingerprint density at radius 2 is 1.85 bits per heavy atom. The number of unbranched alkanes of at least 4 members (excludes halogenated alkanes) is 2. The Balaban J connectivity index is 1.58. The Kier molecular flexibility index (Phi) is 8.97. The highest BCUT2D eigenvalue weighted by Crippen LogP contribution is 2.58. The number of epoxide rings is 1. The number of hydrogen-bond acceptors (Lipinski definition) is 8. The number of esters is 1. The summed E-state index contributed by atoms with van der Waals surface area (Å²) < 4.78 is 11.9. The number of hydrogen-bond donors (Lipinski definition) is 2. The predicted molar refractivity (Wildman–Crippen MR) is 147 cm³/mol. The Morgan fingerprint density at radius 1 is 1.13 bits per heavy atom. The number of carbonyl (C=O) groups is 3. The molecular formula is C31H38N2O6. The summed E-state index contributed by atoms with van der Waals surface area (Å²) in [6, 6.07) is 10.3. The monoisotopic (exact) mass is 534 g/mol. The summed E-state index contributed by atoms with van der Waals surface area (Å²) in [5.74, 6) is -1.26. The van der Waals surface area contributed by atoms with Gasteiger partial charge in [-0.3, -0.25) is 9.59 Å². The lowest BCUT2D eigenvalue weighted by Gasteiger charge is -2.25. The minimum atomic E-state index is -1.99. The standard InChI is InChI=1S/C31H38N2O6/c1-3-4-5-9-23(10-8-19-34)38-29(37)31-28(36)25-12-7-6-11-24(25)27(35)30(31,39-31)17-15-21(2)13-14-22-16-18-33-26(32)20-22/h6-7,11-12,15-16,18,20,23,34H,3-5,8-10,13-14,17,19H2,1-2H3,(H2,32,33). The maximum Gasteiger partial charge on any atom is 0.350 e. The molecular weight excluding hydrogens is 496 g/mol. The number of fused-ring (bicyclic) bond motifs is 2. The number of allylic oxidation sites excluding steroid dienone is 1. The number of nitrogen functional groups attached to an aromatic ring is 1. The van der Waals surface area contributed by atoms with Crippen LogP contribution in [0.2, 0.25) is 0 Å². The largest absolute Gasteiger partial charge is 0.460 e. The van der Waals surface area contributed by atoms with Crippen LogP contribution in [0, 0.1) is 0 Å². The van der Waals surface area contributed by atoms with Crippen LogP contribution in [-0.2, 0) is 20.7 Å². The molecule has 208 valence electrons. The molecule has 8 heteroatoms. The molecule has 2 heterocycles. The lowest BCUT2D eigenvalue weighted by atomic mass is 9.72. The van der Waals surface area contributed by atoms with Crippen LogP contribution < -0.4 is 5.73 Å². The van der Waals surface area contributed by atoms with E-state index in [-0.39, 0.29) is 29.9 Å². The van der Waals surface area contributed by atoms with Crippen LogP contribution in [0.25, 0.3) is 0 Å². The molecule has 2 aliphatic rings. The van der Waals surface area contributed by atoms with Gasteiger partial charge in [-0.1, -0.05) is 55.7 Å². The molecule has 1 aromatic carbocycles. The van der Waals surface area contributed by atoms with Crippen LogP contribution in [-0.4, -0.2) is 51.5 Å². The minimum Gasteiger partial charge on any atom is -0.460 e. The SMILES string of the molecule is CCCCCC(CCCO)OC(=O)C12OC1(CC=C(C)CCc1ccnc(N)c1)C(=O)c1ccccc1C2=O. The van der Waals surface area contributed by atoms with Crippen LogP contribution in [0.1, 0.15) is 91.5 Å². The van der Waals surface area contributed by atoms with Crippen molar-refractivity contribution in [3.63, 3.8) is 0 Å². The zero-order chi connectivity index (χ0) is 28.0. The van der Waals surface area contributed by atoms with Gasteiger partial charge < -0.3 is 20.3 Å². The number of ether oxygens (including phenoxy) is 2. The van der Waals surface area contributed by atoms with Gasteiger partial charge in [0.2, 0.25) is 5.78 Å². The van der Waals surface area contributed by atoms with E-state index >= 15 is 0 Å². The van der Waals surface area contributed by atoms with Crippen molar-refractivity contribution in [2.75, 3.05) is 12.3 Å². The second-order valence-corrected chi connectivity index (χ2v) is 10.5. The van der Waals surface area contributed by atoms with Gasteiger partial charge in [0.25, 0.3) is 5.60 Å². The van der Waals surface area contributed by atoms with E-state index in [1.54, 1.807) is 30.5 Å². The summed E-state index contributed by atoms with van der Waals surface area (Å²) in [6.45, 7) is 4.02. The number of anilines is 1. The smallest absolute Gasteiger partial charge is 0.350 e. The van der Waals surface area contributed by atoms with Gasteiger partial charge in [0.05, 0.1) is 0 Å². The molecule has 2 aromatic rings. The van der Waals surface area contributed by atoms with Crippen LogP contribution in [0.15, 0.2) is 54.2 Å². The van der Waals surface area contributed by atoms with Crippen molar-refractivity contribution < 1.29 is 29.0 Å². The normalized spacial score (nSPS) is 22.7. The molecule has 8 nitrogen and oxygen atoms in total. The number of rotatable bonds is 14. The van der Waals surface area contributed by atoms with Crippen molar-refractivity contribution in [1.29, 1.82) is 0 Å². The highest BCUT2D eigenvalue weighted by atomic mass is 16.7. The fourth-order valence-corrected chi connectivity index (χ4v) is 5.38. The van der Waals surface area contributed by atoms with Gasteiger partial charge in [-0.25, -0.2) is 9.78 Å². The van der Waals surface area contributed by atoms with Gasteiger partial charge in [0.1, 0.15) is 11.9 Å². The van der Waals surface area contributed by atoms with E-state index in [0.717, 1.165) is 36.8 Å². The molecule has 4 rings (SSSR count). The van der Waals surface area contributed by atoms with Crippen molar-refractivity contribution in [2.45, 2.75) is 88.9 Å². The average molecular weight is 535 g/mol. The van der Waals surface area contributed by atoms with Crippen LogP contribution >= 0.6 is 0 Å². The minimum absolute atomic E-state index is 0.0195. The van der Waals surface area contributed by atoms with Crippen molar-refractivity contribution >= 4 is 23.4 Å². The number of aliphatic hydroxyl groups is 1. The Morgan fingerprint density at radius 3 is 2.54 bits per heavy atom. The molecule has 0 spiro atoms. The maximum absolute atomic E-state index is 13.8. The second kappa shape index (κ2) is 12.2. The quantitative estimate of drug-likeness (QED) is 0.116. The zero-order valence-electron chi connectivity index (χ0n) is 22.8. The molecule has 0 radical (unpaired) electrons. The van der Waals surface area contributed by atoms with Gasteiger partial charge >= 0.3 is 5.97 Å². The van der Waals surface area contributed by atoms with E-state index < -0.39 is 29.1 Å². The number of pyridine rings is 1. The first-order valence-corrected chi connectivity index (χ1v) is 13.9. The van der Waals surface area contributed by atoms with Gasteiger partial charge in [-0.15, -0.1) is 0 Å². The van der Waals surface area contributed by atoms with Crippen molar-refractivity contribution in [2.24, 2.45) is 0 Å². The van der Waals surface area contributed by atoms with Gasteiger partial charge in [0, 0.05) is 30.4 Å². The number of ketones is 2. The fraction of sp³-hybridized carbons (Fsp3) is 0.484. The lowest BCUT2D eigenvalue weighted by Crippen LogP contribution is -2.51. The summed E-state index contributed by atoms with van der Waals surface area (Å²) in [5.41, 5.74) is 4.66. The van der Waals surface area contributed by atoms with Crippen LogP contribution in [0.5, 0.6) is 0 Å². The number of benzene rings is 1. The Bertz CT molecular complexity index is 1260. The third-order valence-electron chi connectivity index (χ3n) is 7.72. The molecule has 0 amide bonds. The van der Waals surface area contributed by atoms with E-state index in [0.29, 0.717) is 31.5 Å². The second-order valence-electron chi connectivity index (χ2n) is 10.5. The molecule has 39 heavy (non-hydrogen) atoms. The number of Topliss-reactive ketones (excluding diaryl/α,β-unsaturated/α-hetero) is 2. The fourth-order valence-electron chi connectivity index (χ4n) is 5.38. The van der Waals surface area contributed by atoms with E-state index in [1.165, 1.54) is 0 Å². The first-order valence-electron chi connectivity index (χ1n) is 13.9. The number of aryl methyl sites for hydroxylation is 1. The predicted octanol–water partition coefficient (Wildman–Crippen LogP) is 4.78. The number of nitrogens with two attached hydrogens (primary N) is 1. The van der Waals surface area contributed by atoms with Gasteiger partial charge in [0.15, 0.2) is 11.4 Å². The molecule has 1 fully saturated rings. The molecule has 0 bridgehead atoms. The summed E-state index contributed by atoms with van der Waals surface area (Å²) in [7, 11) is 0. The molecule has 0 saturated carbocycles. The van der Waals surface area contributed by atoms with Crippen LogP contribution in [0.4, 0.5) is 5.82 Å². The third kappa shape index (κ3) is 5.68. The first kappa shape index (κ1) is 28.6. The van der Waals surface area contributed by atoms with E-state index in [9.17, 15) is 19.5 Å². The maximum atomic E-state index is 13.8. The Hall–Kier alpha value is -3.36. The number of carbonyl (C=O) groups excluding carboxylic acids is 3. The first-order chi connectivity index (χ1) is 18.8. The third-order valence-corrected chi connectivity index (χ3v) is 7.72. The molecule has 3 atom stereocenters. The number of nitrogens with zero attached hydrogens (tertiary/aromatic N) is 1. The van der Waals surface area contributed by atoms with Gasteiger partial charge in [-0.05, 0) is 63.1 Å². The number of aliphatic hydroxyl groups excluding tert-OH is 1. The van der Waals surface area contributed by atoms with E-state index in [2.05, 4.69) is 11.9 Å². The number of aromatic nitrogens is 1. The van der Waals surface area contributed by atoms with Crippen molar-refractivity contribution in [3.05, 3.63) is 70.9 Å². The Labute approximate surface area is 229 Å². The zero-order valence-corrected chi connectivity index (χ0v) is 22.8. The summed E-state index contributed by atoms with van der Waals surface area (Å²) >= 11 is 0. The molecule has 1 aliphatic carbocycles. The molecule has 1 saturated heterocycles. The van der Waals surface area contributed by atoms with E-state index in [1.807, 2.05) is 25.1 Å². The molecule has 1 aliphatic heterocycles. The van der Waals surface area contributed by atoms with Crippen molar-refractivity contribution in [1.82, 2.24) is 4.98 Å². The van der Waals surface area contributed by atoms with E-state index in [4.69, 9.17) is 15.2 Å². The molecule has 3 N–H and O–H groups in total. The molecule has 3 unspecified atom stereocenters. The average Bonchev–Trinajstić information content (AvgIpc) is 3.65. The van der Waals surface area contributed by atoms with Crippen LogP contribution in [0.3, 0.4) is 0 Å². The highest BCUT2D eigenvalue weighted by Gasteiger charge is 2.85. The summed E-state index contributed by atoms with van der Waals surface area (Å²) in [4.78, 5) is 45.2. The lowest BCUT2D eigenvalue weighted by molar-refractivity contribution is -0.154. The summed E-state index contributed by atoms with van der Waals surface area (Å²) in [6.07, 6.45) is 9.05. The highest BCUT2D eigenvalue weighted by molar-refractivity contribution is 6.32. The van der Waals surface area contributed by atoms with Gasteiger partial charge in [-0.2, -0.15) is 0 Å². The topological polar surface area (TPSA) is 132 Å². The van der Waals surface area contributed by atoms with Crippen molar-refractivity contribution in [3.8, 4) is 0 Å².